The normalized spacial score (nSPS) is 17.5. The minimum absolute atomic E-state index is 0.114. The molecule has 1 fully saturated rings. The number of anilines is 1. The molecule has 3 N–H and O–H groups in total. The molecule has 0 amide bonds. The topological polar surface area (TPSA) is 97.5 Å². The van der Waals surface area contributed by atoms with Crippen LogP contribution in [-0.4, -0.2) is 57.7 Å². The standard InChI is InChI=1S/C11H18N4O3S/c12-10-2-1-3-13-11(10)19(16,17)14-4-5-15-6-8-18-9-7-15/h1-3,14H,4-9,12H2. The summed E-state index contributed by atoms with van der Waals surface area (Å²) in [7, 11) is -3.64. The van der Waals surface area contributed by atoms with Crippen LogP contribution >= 0.6 is 0 Å². The van der Waals surface area contributed by atoms with Crippen LogP contribution in [0.4, 0.5) is 5.69 Å². The number of pyridine rings is 1. The van der Waals surface area contributed by atoms with Gasteiger partial charge in [0, 0.05) is 32.4 Å². The molecule has 7 nitrogen and oxygen atoms in total. The Hall–Kier alpha value is -1.22. The first-order valence-electron chi connectivity index (χ1n) is 6.10. The van der Waals surface area contributed by atoms with Gasteiger partial charge in [-0.2, -0.15) is 0 Å². The molecular weight excluding hydrogens is 268 g/mol. The molecule has 1 aliphatic rings. The van der Waals surface area contributed by atoms with Gasteiger partial charge in [-0.15, -0.1) is 0 Å². The quantitative estimate of drug-likeness (QED) is 0.741. The maximum atomic E-state index is 12.0. The lowest BCUT2D eigenvalue weighted by molar-refractivity contribution is 0.0390. The molecular formula is C11H18N4O3S. The molecule has 106 valence electrons. The Labute approximate surface area is 112 Å². The van der Waals surface area contributed by atoms with Gasteiger partial charge in [-0.1, -0.05) is 0 Å². The molecule has 0 atom stereocenters. The lowest BCUT2D eigenvalue weighted by atomic mass is 10.4. The summed E-state index contributed by atoms with van der Waals surface area (Å²) in [5.41, 5.74) is 5.77. The lowest BCUT2D eigenvalue weighted by Gasteiger charge is -2.26. The van der Waals surface area contributed by atoms with Crippen molar-refractivity contribution in [2.45, 2.75) is 5.03 Å². The number of nitrogen functional groups attached to an aromatic ring is 1. The number of ether oxygens (including phenoxy) is 1. The molecule has 1 saturated heterocycles. The lowest BCUT2D eigenvalue weighted by Crippen LogP contribution is -2.41. The highest BCUT2D eigenvalue weighted by Crippen LogP contribution is 2.13. The van der Waals surface area contributed by atoms with Gasteiger partial charge in [0.15, 0.2) is 5.03 Å². The summed E-state index contributed by atoms with van der Waals surface area (Å²) in [5.74, 6) is 0. The van der Waals surface area contributed by atoms with Gasteiger partial charge in [-0.25, -0.2) is 18.1 Å². The average Bonchev–Trinajstić information content (AvgIpc) is 2.40. The number of hydrogen-bond donors (Lipinski definition) is 2. The van der Waals surface area contributed by atoms with E-state index in [1.165, 1.54) is 12.3 Å². The molecule has 0 spiro atoms. The van der Waals surface area contributed by atoms with E-state index in [-0.39, 0.29) is 10.7 Å². The van der Waals surface area contributed by atoms with Gasteiger partial charge in [0.1, 0.15) is 0 Å². The van der Waals surface area contributed by atoms with E-state index in [9.17, 15) is 8.42 Å². The number of morpholine rings is 1. The smallest absolute Gasteiger partial charge is 0.260 e. The summed E-state index contributed by atoms with van der Waals surface area (Å²) in [5, 5.41) is -0.114. The molecule has 0 aromatic carbocycles. The van der Waals surface area contributed by atoms with E-state index in [4.69, 9.17) is 10.5 Å². The van der Waals surface area contributed by atoms with Crippen LogP contribution in [0.1, 0.15) is 0 Å². The average molecular weight is 286 g/mol. The van der Waals surface area contributed by atoms with Gasteiger partial charge < -0.3 is 10.5 Å². The summed E-state index contributed by atoms with van der Waals surface area (Å²) >= 11 is 0. The number of nitrogens with zero attached hydrogens (tertiary/aromatic N) is 2. The maximum Gasteiger partial charge on any atom is 0.260 e. The van der Waals surface area contributed by atoms with Crippen LogP contribution in [0.15, 0.2) is 23.4 Å². The molecule has 1 aromatic rings. The Morgan fingerprint density at radius 1 is 1.42 bits per heavy atom. The van der Waals surface area contributed by atoms with Crippen molar-refractivity contribution in [3.05, 3.63) is 18.3 Å². The van der Waals surface area contributed by atoms with Gasteiger partial charge in [-0.3, -0.25) is 4.90 Å². The minimum atomic E-state index is -3.64. The number of aromatic nitrogens is 1. The Balaban J connectivity index is 1.89. The summed E-state index contributed by atoms with van der Waals surface area (Å²) in [4.78, 5) is 5.95. The van der Waals surface area contributed by atoms with Crippen LogP contribution in [0.5, 0.6) is 0 Å². The zero-order valence-corrected chi connectivity index (χ0v) is 11.4. The van der Waals surface area contributed by atoms with Crippen molar-refractivity contribution in [2.75, 3.05) is 45.1 Å². The molecule has 0 bridgehead atoms. The summed E-state index contributed by atoms with van der Waals surface area (Å²) in [6.07, 6.45) is 1.41. The predicted octanol–water partition coefficient (Wildman–Crippen LogP) is -0.726. The zero-order chi connectivity index (χ0) is 13.7. The van der Waals surface area contributed by atoms with Gasteiger partial charge in [0.05, 0.1) is 18.9 Å². The SMILES string of the molecule is Nc1cccnc1S(=O)(=O)NCCN1CCOCC1. The van der Waals surface area contributed by atoms with Crippen molar-refractivity contribution < 1.29 is 13.2 Å². The highest BCUT2D eigenvalue weighted by molar-refractivity contribution is 7.89. The van der Waals surface area contributed by atoms with E-state index in [0.717, 1.165) is 13.1 Å². The van der Waals surface area contributed by atoms with Crippen LogP contribution in [0, 0.1) is 0 Å². The number of rotatable bonds is 5. The number of nitrogens with two attached hydrogens (primary N) is 1. The van der Waals surface area contributed by atoms with E-state index in [1.54, 1.807) is 6.07 Å². The third-order valence-corrected chi connectivity index (χ3v) is 4.31. The van der Waals surface area contributed by atoms with Crippen molar-refractivity contribution in [3.8, 4) is 0 Å². The third-order valence-electron chi connectivity index (χ3n) is 2.88. The fourth-order valence-electron chi connectivity index (χ4n) is 1.86. The maximum absolute atomic E-state index is 12.0. The van der Waals surface area contributed by atoms with E-state index >= 15 is 0 Å². The monoisotopic (exact) mass is 286 g/mol. The molecule has 0 radical (unpaired) electrons. The Bertz CT molecular complexity index is 514. The van der Waals surface area contributed by atoms with E-state index in [1.807, 2.05) is 0 Å². The molecule has 2 heterocycles. The molecule has 0 aliphatic carbocycles. The summed E-state index contributed by atoms with van der Waals surface area (Å²) in [6.45, 7) is 4.02. The molecule has 1 aromatic heterocycles. The third kappa shape index (κ3) is 3.87. The summed E-state index contributed by atoms with van der Waals surface area (Å²) < 4.78 is 31.7. The van der Waals surface area contributed by atoms with Crippen LogP contribution < -0.4 is 10.5 Å². The Morgan fingerprint density at radius 3 is 2.84 bits per heavy atom. The van der Waals surface area contributed by atoms with Gasteiger partial charge in [0.2, 0.25) is 0 Å². The van der Waals surface area contributed by atoms with Crippen LogP contribution in [0.25, 0.3) is 0 Å². The van der Waals surface area contributed by atoms with Crippen LogP contribution in [-0.2, 0) is 14.8 Å². The Kier molecular flexibility index (Phi) is 4.70. The molecule has 0 unspecified atom stereocenters. The van der Waals surface area contributed by atoms with Crippen molar-refractivity contribution in [2.24, 2.45) is 0 Å². The van der Waals surface area contributed by atoms with Crippen LogP contribution in [0.3, 0.4) is 0 Å². The fraction of sp³-hybridized carbons (Fsp3) is 0.545. The highest BCUT2D eigenvalue weighted by Gasteiger charge is 2.19. The second-order valence-corrected chi connectivity index (χ2v) is 5.93. The molecule has 19 heavy (non-hydrogen) atoms. The van der Waals surface area contributed by atoms with Crippen LogP contribution in [0.2, 0.25) is 0 Å². The van der Waals surface area contributed by atoms with Gasteiger partial charge >= 0.3 is 0 Å². The van der Waals surface area contributed by atoms with Crippen molar-refractivity contribution in [1.29, 1.82) is 0 Å². The zero-order valence-electron chi connectivity index (χ0n) is 10.6. The molecule has 1 aliphatic heterocycles. The Morgan fingerprint density at radius 2 is 2.16 bits per heavy atom. The van der Waals surface area contributed by atoms with E-state index in [0.29, 0.717) is 26.3 Å². The number of hydrogen-bond acceptors (Lipinski definition) is 6. The predicted molar refractivity (Wildman–Crippen MR) is 71.1 cm³/mol. The van der Waals surface area contributed by atoms with E-state index in [2.05, 4.69) is 14.6 Å². The highest BCUT2D eigenvalue weighted by atomic mass is 32.2. The van der Waals surface area contributed by atoms with Gasteiger partial charge in [0.25, 0.3) is 10.0 Å². The minimum Gasteiger partial charge on any atom is -0.396 e. The number of sulfonamides is 1. The molecule has 2 rings (SSSR count). The van der Waals surface area contributed by atoms with Crippen molar-refractivity contribution >= 4 is 15.7 Å². The summed E-state index contributed by atoms with van der Waals surface area (Å²) in [6, 6.07) is 3.12. The first kappa shape index (κ1) is 14.2. The van der Waals surface area contributed by atoms with Crippen molar-refractivity contribution in [3.63, 3.8) is 0 Å². The fourth-order valence-corrected chi connectivity index (χ4v) is 2.93. The number of nitrogens with one attached hydrogen (secondary N) is 1. The molecule has 0 saturated carbocycles. The molecule has 8 heteroatoms. The largest absolute Gasteiger partial charge is 0.396 e. The van der Waals surface area contributed by atoms with E-state index < -0.39 is 10.0 Å². The van der Waals surface area contributed by atoms with Gasteiger partial charge in [-0.05, 0) is 12.1 Å². The second-order valence-electron chi connectivity index (χ2n) is 4.25. The first-order chi connectivity index (χ1) is 9.09. The first-order valence-corrected chi connectivity index (χ1v) is 7.58. The second kappa shape index (κ2) is 6.29. The van der Waals surface area contributed by atoms with Crippen molar-refractivity contribution in [1.82, 2.24) is 14.6 Å².